The average molecular weight is 294 g/mol. The number of rotatable bonds is 4. The van der Waals surface area contributed by atoms with Crippen molar-refractivity contribution in [1.29, 1.82) is 0 Å². The molecule has 0 bridgehead atoms. The highest BCUT2D eigenvalue weighted by atomic mass is 32.1. The van der Waals surface area contributed by atoms with E-state index < -0.39 is 11.6 Å². The van der Waals surface area contributed by atoms with Gasteiger partial charge in [0.25, 0.3) is 0 Å². The predicted octanol–water partition coefficient (Wildman–Crippen LogP) is 2.40. The van der Waals surface area contributed by atoms with E-state index in [1.54, 1.807) is 30.1 Å². The third-order valence-corrected chi connectivity index (χ3v) is 4.46. The molecule has 0 spiro atoms. The molecule has 110 valence electrons. The molecule has 2 amide bonds. The Kier molecular flexibility index (Phi) is 4.18. The predicted molar refractivity (Wildman–Crippen MR) is 80.3 cm³/mol. The van der Waals surface area contributed by atoms with Crippen LogP contribution in [0.4, 0.5) is 0 Å². The van der Waals surface area contributed by atoms with Crippen LogP contribution < -0.4 is 5.32 Å². The van der Waals surface area contributed by atoms with Gasteiger partial charge in [0.05, 0.1) is 0 Å². The summed E-state index contributed by atoms with van der Waals surface area (Å²) in [7, 11) is 0. The van der Waals surface area contributed by atoms with Crippen molar-refractivity contribution in [1.82, 2.24) is 10.2 Å². The van der Waals surface area contributed by atoms with Gasteiger partial charge in [-0.25, -0.2) is 0 Å². The van der Waals surface area contributed by atoms with Crippen molar-refractivity contribution in [2.45, 2.75) is 52.2 Å². The van der Waals surface area contributed by atoms with Crippen LogP contribution >= 0.6 is 11.3 Å². The van der Waals surface area contributed by atoms with Crippen molar-refractivity contribution >= 4 is 23.2 Å². The maximum atomic E-state index is 12.7. The smallest absolute Gasteiger partial charge is 0.246 e. The van der Waals surface area contributed by atoms with E-state index in [9.17, 15) is 9.59 Å². The molecule has 1 aliphatic heterocycles. The summed E-state index contributed by atoms with van der Waals surface area (Å²) >= 11 is 1.60. The summed E-state index contributed by atoms with van der Waals surface area (Å²) in [5.74, 6) is 0.320. The van der Waals surface area contributed by atoms with Gasteiger partial charge in [0, 0.05) is 6.54 Å². The standard InChI is InChI=1S/C15H22N2O2S/c1-10(2)7-12-13(18)17(8-11-5-6-20-9-11)15(3,4)14(19)16-12/h5-6,9-10,12H,7-8H2,1-4H3,(H,16,19). The maximum Gasteiger partial charge on any atom is 0.246 e. The van der Waals surface area contributed by atoms with Crippen LogP contribution in [0.15, 0.2) is 16.8 Å². The number of amides is 2. The Balaban J connectivity index is 2.23. The Hall–Kier alpha value is -1.36. The van der Waals surface area contributed by atoms with Crippen LogP contribution in [0.1, 0.15) is 39.7 Å². The fourth-order valence-corrected chi connectivity index (χ4v) is 3.11. The van der Waals surface area contributed by atoms with Gasteiger partial charge in [0.1, 0.15) is 11.6 Å². The lowest BCUT2D eigenvalue weighted by atomic mass is 9.92. The van der Waals surface area contributed by atoms with Gasteiger partial charge in [0.2, 0.25) is 11.8 Å². The number of piperazine rings is 1. The molecule has 1 aromatic rings. The molecule has 2 heterocycles. The minimum Gasteiger partial charge on any atom is -0.342 e. The summed E-state index contributed by atoms with van der Waals surface area (Å²) in [4.78, 5) is 26.7. The van der Waals surface area contributed by atoms with E-state index in [4.69, 9.17) is 0 Å². The Bertz CT molecular complexity index is 494. The highest BCUT2D eigenvalue weighted by molar-refractivity contribution is 7.07. The first-order chi connectivity index (χ1) is 9.32. The highest BCUT2D eigenvalue weighted by Gasteiger charge is 2.46. The monoisotopic (exact) mass is 294 g/mol. The molecular weight excluding hydrogens is 272 g/mol. The Morgan fingerprint density at radius 2 is 2.10 bits per heavy atom. The van der Waals surface area contributed by atoms with E-state index in [0.29, 0.717) is 18.9 Å². The van der Waals surface area contributed by atoms with Crippen LogP contribution in [-0.2, 0) is 16.1 Å². The number of nitrogens with one attached hydrogen (secondary N) is 1. The Morgan fingerprint density at radius 1 is 1.40 bits per heavy atom. The van der Waals surface area contributed by atoms with Crippen LogP contribution in [0.25, 0.3) is 0 Å². The minimum atomic E-state index is -0.799. The average Bonchev–Trinajstić information content (AvgIpc) is 2.84. The summed E-state index contributed by atoms with van der Waals surface area (Å²) in [5.41, 5.74) is 0.279. The van der Waals surface area contributed by atoms with E-state index in [1.807, 2.05) is 16.8 Å². The van der Waals surface area contributed by atoms with Crippen molar-refractivity contribution in [2.75, 3.05) is 0 Å². The van der Waals surface area contributed by atoms with Crippen LogP contribution in [0.5, 0.6) is 0 Å². The molecule has 20 heavy (non-hydrogen) atoms. The number of nitrogens with zero attached hydrogens (tertiary/aromatic N) is 1. The van der Waals surface area contributed by atoms with Gasteiger partial charge < -0.3 is 10.2 Å². The molecule has 1 atom stereocenters. The SMILES string of the molecule is CC(C)CC1NC(=O)C(C)(C)N(Cc2ccsc2)C1=O. The number of thiophene rings is 1. The van der Waals surface area contributed by atoms with Crippen LogP contribution in [0, 0.1) is 5.92 Å². The van der Waals surface area contributed by atoms with Crippen molar-refractivity contribution in [3.8, 4) is 0 Å². The minimum absolute atomic E-state index is 0.0227. The number of hydrogen-bond acceptors (Lipinski definition) is 3. The molecule has 1 saturated heterocycles. The van der Waals surface area contributed by atoms with Gasteiger partial charge in [0.15, 0.2) is 0 Å². The fourth-order valence-electron chi connectivity index (χ4n) is 2.45. The van der Waals surface area contributed by atoms with E-state index >= 15 is 0 Å². The molecule has 1 N–H and O–H groups in total. The zero-order chi connectivity index (χ0) is 14.9. The zero-order valence-corrected chi connectivity index (χ0v) is 13.3. The fraction of sp³-hybridized carbons (Fsp3) is 0.600. The molecule has 1 unspecified atom stereocenters. The van der Waals surface area contributed by atoms with Crippen molar-refractivity contribution in [3.63, 3.8) is 0 Å². The summed E-state index contributed by atoms with van der Waals surface area (Å²) in [5, 5.41) is 6.88. The molecule has 1 aliphatic rings. The molecule has 2 rings (SSSR count). The van der Waals surface area contributed by atoms with Crippen molar-refractivity contribution in [2.24, 2.45) is 5.92 Å². The first-order valence-corrected chi connectivity index (χ1v) is 7.90. The third-order valence-electron chi connectivity index (χ3n) is 3.73. The van der Waals surface area contributed by atoms with Gasteiger partial charge in [-0.2, -0.15) is 11.3 Å². The third kappa shape index (κ3) is 2.87. The summed E-state index contributed by atoms with van der Waals surface area (Å²) < 4.78 is 0. The van der Waals surface area contributed by atoms with Crippen LogP contribution in [-0.4, -0.2) is 28.3 Å². The lowest BCUT2D eigenvalue weighted by Gasteiger charge is -2.44. The Labute approximate surface area is 124 Å². The second-order valence-electron chi connectivity index (χ2n) is 6.27. The largest absolute Gasteiger partial charge is 0.342 e. The van der Waals surface area contributed by atoms with Gasteiger partial charge in [-0.3, -0.25) is 9.59 Å². The molecular formula is C15H22N2O2S. The maximum absolute atomic E-state index is 12.7. The summed E-state index contributed by atoms with van der Waals surface area (Å²) in [6.07, 6.45) is 0.681. The van der Waals surface area contributed by atoms with Gasteiger partial charge >= 0.3 is 0 Å². The number of hydrogen-bond donors (Lipinski definition) is 1. The molecule has 1 aromatic heterocycles. The normalized spacial score (nSPS) is 22.2. The van der Waals surface area contributed by atoms with Gasteiger partial charge in [-0.1, -0.05) is 13.8 Å². The van der Waals surface area contributed by atoms with Gasteiger partial charge in [-0.15, -0.1) is 0 Å². The lowest BCUT2D eigenvalue weighted by molar-refractivity contribution is -0.156. The van der Waals surface area contributed by atoms with Crippen LogP contribution in [0.2, 0.25) is 0 Å². The summed E-state index contributed by atoms with van der Waals surface area (Å²) in [6, 6.07) is 1.60. The molecule has 0 aromatic carbocycles. The van der Waals surface area contributed by atoms with E-state index in [2.05, 4.69) is 19.2 Å². The topological polar surface area (TPSA) is 49.4 Å². The number of carbonyl (C=O) groups excluding carboxylic acids is 2. The van der Waals surface area contributed by atoms with E-state index in [1.165, 1.54) is 0 Å². The highest BCUT2D eigenvalue weighted by Crippen LogP contribution is 2.26. The molecule has 0 aliphatic carbocycles. The Morgan fingerprint density at radius 3 is 2.65 bits per heavy atom. The molecule has 0 radical (unpaired) electrons. The van der Waals surface area contributed by atoms with Crippen LogP contribution in [0.3, 0.4) is 0 Å². The molecule has 0 saturated carbocycles. The second kappa shape index (κ2) is 5.56. The van der Waals surface area contributed by atoms with E-state index in [0.717, 1.165) is 5.56 Å². The first kappa shape index (κ1) is 15.0. The quantitative estimate of drug-likeness (QED) is 0.927. The van der Waals surface area contributed by atoms with Gasteiger partial charge in [-0.05, 0) is 48.6 Å². The number of carbonyl (C=O) groups is 2. The summed E-state index contributed by atoms with van der Waals surface area (Å²) in [6.45, 7) is 8.22. The van der Waals surface area contributed by atoms with Crippen molar-refractivity contribution < 1.29 is 9.59 Å². The lowest BCUT2D eigenvalue weighted by Crippen LogP contribution is -2.68. The first-order valence-electron chi connectivity index (χ1n) is 6.96. The molecule has 4 nitrogen and oxygen atoms in total. The second-order valence-corrected chi connectivity index (χ2v) is 7.05. The molecule has 5 heteroatoms. The zero-order valence-electron chi connectivity index (χ0n) is 12.5. The van der Waals surface area contributed by atoms with Crippen molar-refractivity contribution in [3.05, 3.63) is 22.4 Å². The molecule has 1 fully saturated rings. The van der Waals surface area contributed by atoms with E-state index in [-0.39, 0.29) is 11.8 Å².